The Labute approximate surface area is 95.4 Å². The molecule has 1 aromatic carbocycles. The topological polar surface area (TPSA) is 66.4 Å². The van der Waals surface area contributed by atoms with Crippen LogP contribution in [0.3, 0.4) is 0 Å². The monoisotopic (exact) mass is 271 g/mol. The van der Waals surface area contributed by atoms with Crippen molar-refractivity contribution in [1.82, 2.24) is 5.32 Å². The van der Waals surface area contributed by atoms with Crippen molar-refractivity contribution in [2.75, 3.05) is 6.54 Å². The van der Waals surface area contributed by atoms with Crippen LogP contribution in [-0.2, 0) is 4.79 Å². The van der Waals surface area contributed by atoms with E-state index >= 15 is 0 Å². The first kappa shape index (κ1) is 11.7. The first-order valence-corrected chi connectivity index (χ1v) is 5.06. The van der Waals surface area contributed by atoms with Crippen molar-refractivity contribution in [2.45, 2.75) is 6.92 Å². The average Bonchev–Trinajstić information content (AvgIpc) is 2.14. The zero-order chi connectivity index (χ0) is 11.4. The molecule has 0 radical (unpaired) electrons. The van der Waals surface area contributed by atoms with Crippen LogP contribution in [0.4, 0.5) is 0 Å². The van der Waals surface area contributed by atoms with E-state index in [0.717, 1.165) is 0 Å². The van der Waals surface area contributed by atoms with Gasteiger partial charge in [-0.25, -0.2) is 0 Å². The molecule has 5 heteroatoms. The second-order valence-corrected chi connectivity index (χ2v) is 3.96. The molecule has 0 aliphatic heterocycles. The Hall–Kier alpha value is -1.36. The molecule has 1 aromatic rings. The summed E-state index contributed by atoms with van der Waals surface area (Å²) in [7, 11) is 0. The number of phenols is 1. The Balaban J connectivity index is 2.78. The SMILES string of the molecule is CC(=O)CNC(=O)c1ccc(Br)cc1O. The van der Waals surface area contributed by atoms with Crippen LogP contribution in [0.1, 0.15) is 17.3 Å². The van der Waals surface area contributed by atoms with Crippen LogP contribution in [0.2, 0.25) is 0 Å². The summed E-state index contributed by atoms with van der Waals surface area (Å²) in [5.74, 6) is -0.722. The lowest BCUT2D eigenvalue weighted by Gasteiger charge is -2.05. The summed E-state index contributed by atoms with van der Waals surface area (Å²) in [5, 5.41) is 11.8. The molecule has 0 bridgehead atoms. The fraction of sp³-hybridized carbons (Fsp3) is 0.200. The van der Waals surface area contributed by atoms with Gasteiger partial charge in [0.05, 0.1) is 12.1 Å². The largest absolute Gasteiger partial charge is 0.507 e. The molecule has 2 N–H and O–H groups in total. The highest BCUT2D eigenvalue weighted by atomic mass is 79.9. The lowest BCUT2D eigenvalue weighted by Crippen LogP contribution is -2.28. The molecule has 1 amide bonds. The van der Waals surface area contributed by atoms with Crippen LogP contribution in [-0.4, -0.2) is 23.3 Å². The molecule has 1 rings (SSSR count). The minimum absolute atomic E-state index is 0.0334. The Bertz CT molecular complexity index is 404. The first-order chi connectivity index (χ1) is 7.00. The number of nitrogens with one attached hydrogen (secondary N) is 1. The number of phenolic OH excluding ortho intramolecular Hbond substituents is 1. The van der Waals surface area contributed by atoms with E-state index in [2.05, 4.69) is 21.2 Å². The average molecular weight is 272 g/mol. The zero-order valence-corrected chi connectivity index (χ0v) is 9.67. The predicted molar refractivity (Wildman–Crippen MR) is 58.8 cm³/mol. The number of carbonyl (C=O) groups excluding carboxylic acids is 2. The number of Topliss-reactive ketones (excluding diaryl/α,β-unsaturated/α-hetero) is 1. The summed E-state index contributed by atoms with van der Waals surface area (Å²) in [6.45, 7) is 1.34. The van der Waals surface area contributed by atoms with Gasteiger partial charge in [-0.3, -0.25) is 9.59 Å². The molecule has 0 fully saturated rings. The zero-order valence-electron chi connectivity index (χ0n) is 8.08. The molecule has 15 heavy (non-hydrogen) atoms. The molecule has 0 saturated heterocycles. The molecule has 0 spiro atoms. The fourth-order valence-electron chi connectivity index (χ4n) is 0.997. The van der Waals surface area contributed by atoms with Crippen LogP contribution >= 0.6 is 15.9 Å². The van der Waals surface area contributed by atoms with Crippen molar-refractivity contribution in [1.29, 1.82) is 0 Å². The summed E-state index contributed by atoms with van der Waals surface area (Å²) in [5.41, 5.74) is 0.152. The van der Waals surface area contributed by atoms with Gasteiger partial charge in [-0.2, -0.15) is 0 Å². The third-order valence-corrected chi connectivity index (χ3v) is 2.20. The van der Waals surface area contributed by atoms with E-state index in [-0.39, 0.29) is 23.6 Å². The molecular weight excluding hydrogens is 262 g/mol. The van der Waals surface area contributed by atoms with E-state index in [1.807, 2.05) is 0 Å². The Kier molecular flexibility index (Phi) is 3.85. The summed E-state index contributed by atoms with van der Waals surface area (Å²) in [6.07, 6.45) is 0. The molecule has 80 valence electrons. The number of benzene rings is 1. The Morgan fingerprint density at radius 3 is 2.67 bits per heavy atom. The molecule has 0 aromatic heterocycles. The van der Waals surface area contributed by atoms with E-state index in [9.17, 15) is 14.7 Å². The lowest BCUT2D eigenvalue weighted by molar-refractivity contribution is -0.116. The smallest absolute Gasteiger partial charge is 0.255 e. The Morgan fingerprint density at radius 2 is 2.13 bits per heavy atom. The number of ketones is 1. The molecule has 0 heterocycles. The number of hydrogen-bond acceptors (Lipinski definition) is 3. The van der Waals surface area contributed by atoms with Crippen molar-refractivity contribution in [2.24, 2.45) is 0 Å². The minimum Gasteiger partial charge on any atom is -0.507 e. The van der Waals surface area contributed by atoms with Crippen LogP contribution in [0, 0.1) is 0 Å². The van der Waals surface area contributed by atoms with Gasteiger partial charge in [-0.1, -0.05) is 15.9 Å². The van der Waals surface area contributed by atoms with Gasteiger partial charge < -0.3 is 10.4 Å². The summed E-state index contributed by atoms with van der Waals surface area (Å²) < 4.78 is 0.683. The third kappa shape index (κ3) is 3.36. The lowest BCUT2D eigenvalue weighted by atomic mass is 10.2. The van der Waals surface area contributed by atoms with Crippen LogP contribution < -0.4 is 5.32 Å². The molecule has 0 saturated carbocycles. The highest BCUT2D eigenvalue weighted by Crippen LogP contribution is 2.21. The van der Waals surface area contributed by atoms with E-state index in [1.54, 1.807) is 6.07 Å². The van der Waals surface area contributed by atoms with Crippen molar-refractivity contribution in [3.8, 4) is 5.75 Å². The van der Waals surface area contributed by atoms with Gasteiger partial charge in [0.15, 0.2) is 0 Å². The normalized spacial score (nSPS) is 9.73. The quantitative estimate of drug-likeness (QED) is 0.875. The molecule has 0 aliphatic rings. The van der Waals surface area contributed by atoms with Gasteiger partial charge in [0.25, 0.3) is 5.91 Å². The molecule has 0 atom stereocenters. The molecule has 4 nitrogen and oxygen atoms in total. The van der Waals surface area contributed by atoms with Gasteiger partial charge in [-0.05, 0) is 25.1 Å². The van der Waals surface area contributed by atoms with E-state index in [0.29, 0.717) is 4.47 Å². The second-order valence-electron chi connectivity index (χ2n) is 3.05. The second kappa shape index (κ2) is 4.93. The predicted octanol–water partition coefficient (Wildman–Crippen LogP) is 1.47. The van der Waals surface area contributed by atoms with Crippen LogP contribution in [0.15, 0.2) is 22.7 Å². The first-order valence-electron chi connectivity index (χ1n) is 4.27. The summed E-state index contributed by atoms with van der Waals surface area (Å²) >= 11 is 3.16. The van der Waals surface area contributed by atoms with Gasteiger partial charge in [-0.15, -0.1) is 0 Å². The number of hydrogen-bond donors (Lipinski definition) is 2. The highest BCUT2D eigenvalue weighted by molar-refractivity contribution is 9.10. The number of rotatable bonds is 3. The highest BCUT2D eigenvalue weighted by Gasteiger charge is 2.10. The van der Waals surface area contributed by atoms with E-state index in [4.69, 9.17) is 0 Å². The Morgan fingerprint density at radius 1 is 1.47 bits per heavy atom. The maximum atomic E-state index is 11.4. The third-order valence-electron chi connectivity index (χ3n) is 1.70. The maximum absolute atomic E-state index is 11.4. The number of halogens is 1. The summed E-state index contributed by atoms with van der Waals surface area (Å²) in [6, 6.07) is 4.54. The van der Waals surface area contributed by atoms with Gasteiger partial charge >= 0.3 is 0 Å². The molecule has 0 unspecified atom stereocenters. The fourth-order valence-corrected chi connectivity index (χ4v) is 1.35. The van der Waals surface area contributed by atoms with Crippen LogP contribution in [0.5, 0.6) is 5.75 Å². The van der Waals surface area contributed by atoms with Crippen molar-refractivity contribution in [3.63, 3.8) is 0 Å². The summed E-state index contributed by atoms with van der Waals surface area (Å²) in [4.78, 5) is 22.1. The number of amides is 1. The maximum Gasteiger partial charge on any atom is 0.255 e. The van der Waals surface area contributed by atoms with Crippen molar-refractivity contribution < 1.29 is 14.7 Å². The van der Waals surface area contributed by atoms with Crippen molar-refractivity contribution >= 4 is 27.6 Å². The van der Waals surface area contributed by atoms with E-state index in [1.165, 1.54) is 19.1 Å². The minimum atomic E-state index is -0.463. The van der Waals surface area contributed by atoms with Crippen molar-refractivity contribution in [3.05, 3.63) is 28.2 Å². The van der Waals surface area contributed by atoms with E-state index < -0.39 is 5.91 Å². The molecule has 0 aliphatic carbocycles. The number of carbonyl (C=O) groups is 2. The number of aromatic hydroxyl groups is 1. The standard InChI is InChI=1S/C10H10BrNO3/c1-6(13)5-12-10(15)8-3-2-7(11)4-9(8)14/h2-4,14H,5H2,1H3,(H,12,15). The van der Waals surface area contributed by atoms with Gasteiger partial charge in [0, 0.05) is 4.47 Å². The van der Waals surface area contributed by atoms with Gasteiger partial charge in [0.1, 0.15) is 11.5 Å². The molecular formula is C10H10BrNO3. The van der Waals surface area contributed by atoms with Gasteiger partial charge in [0.2, 0.25) is 0 Å². The van der Waals surface area contributed by atoms with Crippen LogP contribution in [0.25, 0.3) is 0 Å².